The van der Waals surface area contributed by atoms with Gasteiger partial charge in [0.25, 0.3) is 5.91 Å². The number of morpholine rings is 2. The smallest absolute Gasteiger partial charge is 0.256 e. The molecule has 3 aliphatic carbocycles. The minimum Gasteiger partial charge on any atom is -0.379 e. The van der Waals surface area contributed by atoms with E-state index in [-0.39, 0.29) is 35.4 Å². The van der Waals surface area contributed by atoms with Crippen molar-refractivity contribution in [2.45, 2.75) is 75.0 Å². The molecule has 8 rings (SSSR count). The number of Topliss-reactive ketones (excluding diaryl/α,β-unsaturated/α-hetero) is 3. The number of hydrogen-bond donors (Lipinski definition) is 2. The number of rotatable bonds is 9. The molecule has 3 saturated heterocycles. The van der Waals surface area contributed by atoms with E-state index in [4.69, 9.17) is 9.47 Å². The van der Waals surface area contributed by atoms with Crippen molar-refractivity contribution in [2.75, 3.05) is 65.6 Å². The van der Waals surface area contributed by atoms with Crippen LogP contribution in [0.1, 0.15) is 59.2 Å². The van der Waals surface area contributed by atoms with E-state index >= 15 is 4.39 Å². The number of hydrogen-bond acceptors (Lipinski definition) is 10. The van der Waals surface area contributed by atoms with Crippen LogP contribution in [0.2, 0.25) is 0 Å². The fraction of sp³-hybridized carbons (Fsp3) is 0.676. The molecule has 1 aromatic rings. The Balaban J connectivity index is 1.06. The van der Waals surface area contributed by atoms with Crippen molar-refractivity contribution >= 4 is 23.3 Å². The predicted octanol–water partition coefficient (Wildman–Crippen LogP) is 1.62. The highest BCUT2D eigenvalue weighted by atomic mass is 19.1. The van der Waals surface area contributed by atoms with Gasteiger partial charge in [0.2, 0.25) is 0 Å². The third-order valence-electron chi connectivity index (χ3n) is 12.2. The lowest BCUT2D eigenvalue weighted by Gasteiger charge is -2.60. The van der Waals surface area contributed by atoms with E-state index < -0.39 is 54.1 Å². The number of halogens is 1. The normalized spacial score (nSPS) is 36.0. The lowest BCUT2D eigenvalue weighted by atomic mass is 9.63. The van der Waals surface area contributed by atoms with E-state index in [2.05, 4.69) is 25.3 Å². The van der Waals surface area contributed by atoms with Crippen LogP contribution in [0.25, 0.3) is 0 Å². The van der Waals surface area contributed by atoms with Gasteiger partial charge in [0.1, 0.15) is 6.17 Å². The van der Waals surface area contributed by atoms with Gasteiger partial charge in [0.05, 0.1) is 49.1 Å². The maximum absolute atomic E-state index is 16.2. The number of benzene rings is 1. The van der Waals surface area contributed by atoms with Crippen molar-refractivity contribution in [3.63, 3.8) is 0 Å². The molecule has 9 unspecified atom stereocenters. The van der Waals surface area contributed by atoms with Gasteiger partial charge in [-0.25, -0.2) is 4.39 Å². The van der Waals surface area contributed by atoms with Gasteiger partial charge in [-0.3, -0.25) is 24.1 Å². The molecule has 9 atom stereocenters. The summed E-state index contributed by atoms with van der Waals surface area (Å²) in [6, 6.07) is 5.58. The van der Waals surface area contributed by atoms with Gasteiger partial charge in [-0.2, -0.15) is 0 Å². The molecule has 1 amide bonds. The zero-order valence-corrected chi connectivity index (χ0v) is 28.1. The van der Waals surface area contributed by atoms with Crippen molar-refractivity contribution in [3.8, 4) is 0 Å². The van der Waals surface area contributed by atoms with Crippen LogP contribution in [-0.4, -0.2) is 140 Å². The number of nitrogens with one attached hydrogen (secondary N) is 2. The molecule has 5 fully saturated rings. The minimum absolute atomic E-state index is 0.00285. The van der Waals surface area contributed by atoms with Crippen LogP contribution in [0, 0.1) is 17.8 Å². The molecule has 11 nitrogen and oxygen atoms in total. The van der Waals surface area contributed by atoms with Gasteiger partial charge >= 0.3 is 0 Å². The Morgan fingerprint density at radius 3 is 2.27 bits per heavy atom. The Kier molecular flexibility index (Phi) is 9.43. The number of nitrogens with zero attached hydrogens (tertiary/aromatic N) is 3. The van der Waals surface area contributed by atoms with Crippen molar-refractivity contribution in [1.29, 1.82) is 0 Å². The maximum atomic E-state index is 16.2. The molecule has 2 saturated carbocycles. The Bertz CT molecular complexity index is 1490. The Morgan fingerprint density at radius 2 is 1.53 bits per heavy atom. The molecule has 12 heteroatoms. The minimum atomic E-state index is -1.34. The average Bonchev–Trinajstić information content (AvgIpc) is 3.65. The molecule has 0 spiro atoms. The summed E-state index contributed by atoms with van der Waals surface area (Å²) in [6.45, 7) is 7.89. The standard InChI is InChI=1S/C37H48FN5O6/c38-28-18-26-32-36(31(28)39-9-13-41-10-3-4-11-41)49-30-20-25-24(33(44)22-6-1-2-7-23(22)34(25)45)19-29(30)43(32)21-27(35(26)46)37(47)40-8-5-12-42-14-16-48-17-15-42/h1-2,6-7,21,24-26,28-32,36,39H,3-5,8-20H2,(H,40,47). The summed E-state index contributed by atoms with van der Waals surface area (Å²) >= 11 is 0. The quantitative estimate of drug-likeness (QED) is 0.295. The molecule has 2 N–H and O–H groups in total. The summed E-state index contributed by atoms with van der Waals surface area (Å²) in [4.78, 5) is 62.0. The van der Waals surface area contributed by atoms with Crippen molar-refractivity contribution < 1.29 is 33.0 Å². The predicted molar refractivity (Wildman–Crippen MR) is 178 cm³/mol. The molecule has 4 heterocycles. The van der Waals surface area contributed by atoms with Crippen LogP contribution in [0.5, 0.6) is 0 Å². The zero-order valence-electron chi connectivity index (χ0n) is 28.1. The highest BCUT2D eigenvalue weighted by Gasteiger charge is 2.61. The molecule has 0 aromatic heterocycles. The highest BCUT2D eigenvalue weighted by molar-refractivity contribution is 6.20. The first-order valence-corrected chi connectivity index (χ1v) is 18.4. The largest absolute Gasteiger partial charge is 0.379 e. The first kappa shape index (κ1) is 33.1. The van der Waals surface area contributed by atoms with Crippen molar-refractivity contribution in [2.24, 2.45) is 17.8 Å². The fourth-order valence-corrected chi connectivity index (χ4v) is 9.73. The number of ketones is 3. The van der Waals surface area contributed by atoms with Crippen LogP contribution in [-0.2, 0) is 19.1 Å². The van der Waals surface area contributed by atoms with E-state index in [9.17, 15) is 19.2 Å². The molecule has 49 heavy (non-hydrogen) atoms. The number of likely N-dealkylation sites (tertiary alicyclic amines) is 1. The highest BCUT2D eigenvalue weighted by Crippen LogP contribution is 2.49. The monoisotopic (exact) mass is 677 g/mol. The van der Waals surface area contributed by atoms with Crippen molar-refractivity contribution in [3.05, 3.63) is 47.2 Å². The average molecular weight is 678 g/mol. The third kappa shape index (κ3) is 6.17. The summed E-state index contributed by atoms with van der Waals surface area (Å²) in [6.07, 6.45) is 3.02. The lowest BCUT2D eigenvalue weighted by molar-refractivity contribution is -0.202. The van der Waals surface area contributed by atoms with Gasteiger partial charge in [-0.15, -0.1) is 0 Å². The Hall–Kier alpha value is -3.03. The number of amides is 1. The second kappa shape index (κ2) is 13.9. The number of carbonyl (C=O) groups is 4. The first-order chi connectivity index (χ1) is 23.9. The molecule has 264 valence electrons. The summed E-state index contributed by atoms with van der Waals surface area (Å²) in [7, 11) is 0. The Morgan fingerprint density at radius 1 is 0.837 bits per heavy atom. The summed E-state index contributed by atoms with van der Waals surface area (Å²) in [5, 5.41) is 6.42. The van der Waals surface area contributed by atoms with Crippen LogP contribution in [0.3, 0.4) is 0 Å². The number of carbonyl (C=O) groups excluding carboxylic acids is 4. The van der Waals surface area contributed by atoms with Gasteiger partial charge in [-0.1, -0.05) is 24.3 Å². The first-order valence-electron chi connectivity index (χ1n) is 18.4. The molecule has 7 aliphatic rings. The SMILES string of the molecule is O=C(NCCCN1CCOCC1)C1=CN2C3CC4C(=O)c5ccccc5C(=O)C4CC3OC3C(NCCN4CCCC4)C(F)CC(C1=O)C32. The van der Waals surface area contributed by atoms with E-state index in [1.165, 1.54) is 12.8 Å². The number of ether oxygens (including phenoxy) is 2. The van der Waals surface area contributed by atoms with Gasteiger partial charge in [-0.05, 0) is 58.2 Å². The number of fused-ring (bicyclic) bond motifs is 4. The van der Waals surface area contributed by atoms with Crippen LogP contribution >= 0.6 is 0 Å². The topological polar surface area (TPSA) is 121 Å². The fourth-order valence-electron chi connectivity index (χ4n) is 9.73. The zero-order chi connectivity index (χ0) is 33.6. The molecular formula is C37H48FN5O6. The van der Waals surface area contributed by atoms with Gasteiger partial charge in [0.15, 0.2) is 17.3 Å². The molecule has 0 radical (unpaired) electrons. The summed E-state index contributed by atoms with van der Waals surface area (Å²) < 4.78 is 28.5. The van der Waals surface area contributed by atoms with E-state index in [0.29, 0.717) is 50.3 Å². The van der Waals surface area contributed by atoms with E-state index in [0.717, 1.165) is 45.7 Å². The molecular weight excluding hydrogens is 629 g/mol. The van der Waals surface area contributed by atoms with Crippen LogP contribution in [0.4, 0.5) is 4.39 Å². The van der Waals surface area contributed by atoms with Gasteiger partial charge in [0, 0.05) is 67.8 Å². The van der Waals surface area contributed by atoms with Crippen LogP contribution < -0.4 is 10.6 Å². The molecule has 1 aromatic carbocycles. The second-order valence-corrected chi connectivity index (χ2v) is 15.0. The third-order valence-corrected chi connectivity index (χ3v) is 12.2. The molecule has 4 aliphatic heterocycles. The van der Waals surface area contributed by atoms with E-state index in [1.54, 1.807) is 30.5 Å². The summed E-state index contributed by atoms with van der Waals surface area (Å²) in [5.74, 6) is -2.66. The summed E-state index contributed by atoms with van der Waals surface area (Å²) in [5.41, 5.74) is 0.958. The van der Waals surface area contributed by atoms with Gasteiger partial charge < -0.3 is 29.9 Å². The maximum Gasteiger partial charge on any atom is 0.256 e. The molecule has 0 bridgehead atoms. The lowest BCUT2D eigenvalue weighted by Crippen LogP contribution is -2.74. The van der Waals surface area contributed by atoms with Crippen molar-refractivity contribution in [1.82, 2.24) is 25.3 Å². The Labute approximate surface area is 286 Å². The van der Waals surface area contributed by atoms with Crippen LogP contribution in [0.15, 0.2) is 36.0 Å². The van der Waals surface area contributed by atoms with E-state index in [1.807, 2.05) is 0 Å². The second-order valence-electron chi connectivity index (χ2n) is 15.0. The number of alkyl halides is 1.